The molecule has 1 atom stereocenters. The van der Waals surface area contributed by atoms with E-state index in [1.54, 1.807) is 38.1 Å². The first-order chi connectivity index (χ1) is 19.2. The number of nitrogens with zero attached hydrogens (tertiary/aromatic N) is 3. The van der Waals surface area contributed by atoms with Gasteiger partial charge in [-0.25, -0.2) is 4.98 Å². The number of Topliss-reactive ketones (excluding diaryl/α,β-unsaturated/α-hetero) is 1. The molecule has 8 nitrogen and oxygen atoms in total. The van der Waals surface area contributed by atoms with Gasteiger partial charge in [-0.2, -0.15) is 0 Å². The van der Waals surface area contributed by atoms with E-state index in [9.17, 15) is 19.8 Å². The minimum atomic E-state index is -0.966. The SMILES string of the molecule is CCOc1cc(C2C(C(=O)c3sc(-c4ccccc4)nc3C)=C(O)C(=O)N2c2ccc(N(C)C)cc2)ccc1O. The Hall–Kier alpha value is -4.63. The third-order valence-electron chi connectivity index (χ3n) is 6.72. The monoisotopic (exact) mass is 555 g/mol. The second kappa shape index (κ2) is 10.9. The van der Waals surface area contributed by atoms with Crippen LogP contribution in [0.4, 0.5) is 11.4 Å². The molecule has 1 aliphatic heterocycles. The molecule has 0 saturated carbocycles. The Morgan fingerprint density at radius 1 is 1.05 bits per heavy atom. The van der Waals surface area contributed by atoms with E-state index >= 15 is 0 Å². The molecule has 0 bridgehead atoms. The van der Waals surface area contributed by atoms with E-state index in [1.807, 2.05) is 61.5 Å². The first-order valence-electron chi connectivity index (χ1n) is 12.8. The number of hydrogen-bond acceptors (Lipinski definition) is 8. The summed E-state index contributed by atoms with van der Waals surface area (Å²) in [4.78, 5) is 36.0. The van der Waals surface area contributed by atoms with Crippen LogP contribution in [-0.4, -0.2) is 47.6 Å². The maximum absolute atomic E-state index is 14.1. The van der Waals surface area contributed by atoms with Crippen molar-refractivity contribution >= 4 is 34.4 Å². The normalized spacial score (nSPS) is 15.1. The fraction of sp³-hybridized carbons (Fsp3) is 0.194. The van der Waals surface area contributed by atoms with Gasteiger partial charge in [0.2, 0.25) is 5.78 Å². The largest absolute Gasteiger partial charge is 0.504 e. The molecule has 0 saturated heterocycles. The van der Waals surface area contributed by atoms with Gasteiger partial charge in [-0.1, -0.05) is 36.4 Å². The molecule has 1 aromatic heterocycles. The lowest BCUT2D eigenvalue weighted by Crippen LogP contribution is -2.31. The van der Waals surface area contributed by atoms with Gasteiger partial charge in [-0.3, -0.25) is 14.5 Å². The van der Waals surface area contributed by atoms with Crippen LogP contribution in [0.2, 0.25) is 0 Å². The van der Waals surface area contributed by atoms with E-state index in [0.29, 0.717) is 33.4 Å². The van der Waals surface area contributed by atoms with E-state index in [0.717, 1.165) is 11.3 Å². The van der Waals surface area contributed by atoms with Gasteiger partial charge in [0, 0.05) is 31.0 Å². The number of ether oxygens (including phenoxy) is 1. The Morgan fingerprint density at radius 2 is 1.75 bits per heavy atom. The first-order valence-corrected chi connectivity index (χ1v) is 13.6. The van der Waals surface area contributed by atoms with E-state index in [1.165, 1.54) is 22.3 Å². The topological polar surface area (TPSA) is 103 Å². The number of phenolic OH excluding ortho intramolecular Hbond substituents is 1. The van der Waals surface area contributed by atoms with Crippen LogP contribution in [0.3, 0.4) is 0 Å². The zero-order valence-corrected chi connectivity index (χ0v) is 23.4. The van der Waals surface area contributed by atoms with Crippen molar-refractivity contribution in [3.05, 3.63) is 100 Å². The molecule has 0 radical (unpaired) electrons. The number of ketones is 1. The van der Waals surface area contributed by atoms with Crippen molar-refractivity contribution in [2.45, 2.75) is 19.9 Å². The zero-order chi connectivity index (χ0) is 28.6. The molecule has 4 aromatic rings. The summed E-state index contributed by atoms with van der Waals surface area (Å²) in [5.74, 6) is -1.64. The maximum Gasteiger partial charge on any atom is 0.294 e. The van der Waals surface area contributed by atoms with E-state index in [-0.39, 0.29) is 17.1 Å². The van der Waals surface area contributed by atoms with Gasteiger partial charge >= 0.3 is 0 Å². The molecule has 0 spiro atoms. The molecular weight excluding hydrogens is 526 g/mol. The zero-order valence-electron chi connectivity index (χ0n) is 22.6. The Balaban J connectivity index is 1.64. The Kier molecular flexibility index (Phi) is 7.32. The van der Waals surface area contributed by atoms with Gasteiger partial charge in [0.05, 0.1) is 28.8 Å². The van der Waals surface area contributed by atoms with Crippen LogP contribution in [0.25, 0.3) is 10.6 Å². The molecule has 40 heavy (non-hydrogen) atoms. The van der Waals surface area contributed by atoms with Gasteiger partial charge in [0.25, 0.3) is 5.91 Å². The summed E-state index contributed by atoms with van der Waals surface area (Å²) in [5, 5.41) is 22.2. The number of aliphatic hydroxyl groups is 1. The molecule has 204 valence electrons. The molecule has 1 unspecified atom stereocenters. The van der Waals surface area contributed by atoms with E-state index < -0.39 is 23.5 Å². The van der Waals surface area contributed by atoms with Crippen LogP contribution >= 0.6 is 11.3 Å². The minimum Gasteiger partial charge on any atom is -0.504 e. The molecule has 9 heteroatoms. The van der Waals surface area contributed by atoms with Crippen molar-refractivity contribution in [1.82, 2.24) is 4.98 Å². The third-order valence-corrected chi connectivity index (χ3v) is 7.93. The number of aliphatic hydroxyl groups excluding tert-OH is 1. The number of aromatic hydroxyl groups is 1. The van der Waals surface area contributed by atoms with Crippen LogP contribution in [0.15, 0.2) is 84.1 Å². The average Bonchev–Trinajstić information content (AvgIpc) is 3.47. The molecule has 3 aromatic carbocycles. The summed E-state index contributed by atoms with van der Waals surface area (Å²) < 4.78 is 5.59. The maximum atomic E-state index is 14.1. The lowest BCUT2D eigenvalue weighted by Gasteiger charge is -2.27. The highest BCUT2D eigenvalue weighted by Crippen LogP contribution is 2.45. The number of anilines is 2. The highest BCUT2D eigenvalue weighted by Gasteiger charge is 2.45. The van der Waals surface area contributed by atoms with Crippen molar-refractivity contribution in [2.24, 2.45) is 0 Å². The molecule has 0 aliphatic carbocycles. The molecule has 2 N–H and O–H groups in total. The molecular formula is C31H29N3O5S. The number of aryl methyl sites for hydroxylation is 1. The summed E-state index contributed by atoms with van der Waals surface area (Å²) in [6, 6.07) is 20.5. The lowest BCUT2D eigenvalue weighted by molar-refractivity contribution is -0.117. The number of thiazole rings is 1. The standard InChI is InChI=1S/C31H29N3O5S/c1-5-39-24-17-20(11-16-23(24)35)26-25(27(36)29-18(2)32-30(40-29)19-9-7-6-8-10-19)28(37)31(38)34(26)22-14-12-21(13-15-22)33(3)4/h6-17,26,35,37H,5H2,1-4H3. The number of carbonyl (C=O) groups is 2. The lowest BCUT2D eigenvalue weighted by atomic mass is 9.94. The van der Waals surface area contributed by atoms with Gasteiger partial charge in [-0.05, 0) is 55.8 Å². The summed E-state index contributed by atoms with van der Waals surface area (Å²) in [6.45, 7) is 3.85. The van der Waals surface area contributed by atoms with Crippen LogP contribution in [0, 0.1) is 6.92 Å². The van der Waals surface area contributed by atoms with Gasteiger partial charge in [0.1, 0.15) is 5.01 Å². The Bertz CT molecular complexity index is 1610. The summed E-state index contributed by atoms with van der Waals surface area (Å²) in [7, 11) is 3.82. The van der Waals surface area contributed by atoms with Gasteiger partial charge < -0.3 is 19.8 Å². The quantitative estimate of drug-likeness (QED) is 0.254. The number of aromatic nitrogens is 1. The molecule has 1 aliphatic rings. The molecule has 1 amide bonds. The van der Waals surface area contributed by atoms with Gasteiger partial charge in [0.15, 0.2) is 17.3 Å². The summed E-state index contributed by atoms with van der Waals surface area (Å²) >= 11 is 1.22. The molecule has 2 heterocycles. The van der Waals surface area contributed by atoms with Crippen LogP contribution in [-0.2, 0) is 4.79 Å². The number of carbonyl (C=O) groups excluding carboxylic acids is 2. The second-order valence-electron chi connectivity index (χ2n) is 9.54. The van der Waals surface area contributed by atoms with Crippen molar-refractivity contribution in [1.29, 1.82) is 0 Å². The van der Waals surface area contributed by atoms with Crippen molar-refractivity contribution in [3.8, 4) is 22.1 Å². The smallest absolute Gasteiger partial charge is 0.294 e. The number of hydrogen-bond donors (Lipinski definition) is 2. The van der Waals surface area contributed by atoms with Crippen molar-refractivity contribution in [2.75, 3.05) is 30.5 Å². The minimum absolute atomic E-state index is 0.0545. The Labute approximate surface area is 236 Å². The number of amides is 1. The van der Waals surface area contributed by atoms with Crippen molar-refractivity contribution in [3.63, 3.8) is 0 Å². The van der Waals surface area contributed by atoms with Gasteiger partial charge in [-0.15, -0.1) is 11.3 Å². The van der Waals surface area contributed by atoms with Crippen LogP contribution < -0.4 is 14.5 Å². The number of benzene rings is 3. The van der Waals surface area contributed by atoms with Crippen molar-refractivity contribution < 1.29 is 24.5 Å². The number of rotatable bonds is 8. The second-order valence-corrected chi connectivity index (χ2v) is 10.5. The third kappa shape index (κ3) is 4.80. The molecule has 0 fully saturated rings. The predicted octanol–water partition coefficient (Wildman–Crippen LogP) is 6.07. The average molecular weight is 556 g/mol. The van der Waals surface area contributed by atoms with Crippen LogP contribution in [0.1, 0.15) is 33.9 Å². The predicted molar refractivity (Wildman–Crippen MR) is 157 cm³/mol. The Morgan fingerprint density at radius 3 is 2.40 bits per heavy atom. The summed E-state index contributed by atoms with van der Waals surface area (Å²) in [5.41, 5.74) is 3.26. The van der Waals surface area contributed by atoms with E-state index in [4.69, 9.17) is 4.74 Å². The van der Waals surface area contributed by atoms with E-state index in [2.05, 4.69) is 4.98 Å². The summed E-state index contributed by atoms with van der Waals surface area (Å²) in [6.07, 6.45) is 0. The molecule has 5 rings (SSSR count). The highest BCUT2D eigenvalue weighted by atomic mass is 32.1. The fourth-order valence-electron chi connectivity index (χ4n) is 4.74. The fourth-order valence-corrected chi connectivity index (χ4v) is 5.76. The first kappa shape index (κ1) is 27.0. The number of phenols is 1. The van der Waals surface area contributed by atoms with Crippen LogP contribution in [0.5, 0.6) is 11.5 Å². The highest BCUT2D eigenvalue weighted by molar-refractivity contribution is 7.17.